The van der Waals surface area contributed by atoms with Gasteiger partial charge in [-0.2, -0.15) is 8.42 Å². The van der Waals surface area contributed by atoms with Gasteiger partial charge in [-0.3, -0.25) is 4.18 Å². The van der Waals surface area contributed by atoms with Crippen LogP contribution in [0.25, 0.3) is 0 Å². The molecule has 0 aromatic carbocycles. The Kier molecular flexibility index (Phi) is 3.14. The fourth-order valence-electron chi connectivity index (χ4n) is 2.71. The third-order valence-corrected chi connectivity index (χ3v) is 4.40. The first-order valence-corrected chi connectivity index (χ1v) is 8.14. The zero-order valence-corrected chi connectivity index (χ0v) is 12.6. The topological polar surface area (TPSA) is 81.7 Å². The van der Waals surface area contributed by atoms with Crippen molar-refractivity contribution in [2.24, 2.45) is 5.41 Å². The predicted molar refractivity (Wildman–Crippen MR) is 69.2 cm³/mol. The van der Waals surface area contributed by atoms with E-state index in [0.29, 0.717) is 0 Å². The Bertz CT molecular complexity index is 495. The number of nitrogens with one attached hydrogen (secondary N) is 1. The van der Waals surface area contributed by atoms with E-state index in [-0.39, 0.29) is 17.6 Å². The van der Waals surface area contributed by atoms with Crippen molar-refractivity contribution >= 4 is 16.2 Å². The zero-order chi connectivity index (χ0) is 14.5. The fraction of sp³-hybridized carbons (Fsp3) is 0.917. The highest BCUT2D eigenvalue weighted by atomic mass is 32.2. The predicted octanol–water partition coefficient (Wildman–Crippen LogP) is 1.41. The van der Waals surface area contributed by atoms with Gasteiger partial charge in [-0.05, 0) is 40.0 Å². The Hall–Kier alpha value is -0.820. The fourth-order valence-corrected chi connectivity index (χ4v) is 3.15. The van der Waals surface area contributed by atoms with Gasteiger partial charge in [-0.15, -0.1) is 0 Å². The van der Waals surface area contributed by atoms with Crippen molar-refractivity contribution in [3.63, 3.8) is 0 Å². The van der Waals surface area contributed by atoms with Crippen molar-refractivity contribution < 1.29 is 22.1 Å². The number of carbonyl (C=O) groups is 1. The lowest BCUT2D eigenvalue weighted by Crippen LogP contribution is -2.50. The molecular formula is C12H21NO5S. The standard InChI is InChI=1S/C12H21NO5S/c1-10(2,3)18-9(14)13-12-6-5-11(12,7-12)8-17-19(4,15)16/h5-8H2,1-4H3,(H,13,14). The largest absolute Gasteiger partial charge is 0.444 e. The SMILES string of the molecule is CC(C)(C)OC(=O)NC12CCC1(COS(C)(=O)=O)C2. The van der Waals surface area contributed by atoms with Crippen molar-refractivity contribution in [1.29, 1.82) is 0 Å². The molecule has 0 spiro atoms. The van der Waals surface area contributed by atoms with Crippen molar-refractivity contribution in [3.05, 3.63) is 0 Å². The molecule has 0 aromatic heterocycles. The number of fused-ring (bicyclic) bond motifs is 1. The van der Waals surface area contributed by atoms with Crippen LogP contribution in [0.2, 0.25) is 0 Å². The lowest BCUT2D eigenvalue weighted by Gasteiger charge is -2.36. The third-order valence-electron chi connectivity index (χ3n) is 3.85. The second-order valence-corrected chi connectivity index (χ2v) is 8.28. The van der Waals surface area contributed by atoms with Crippen LogP contribution in [0.3, 0.4) is 0 Å². The van der Waals surface area contributed by atoms with Crippen LogP contribution in [0.15, 0.2) is 0 Å². The second-order valence-electron chi connectivity index (χ2n) is 6.63. The normalized spacial score (nSPS) is 33.1. The van der Waals surface area contributed by atoms with E-state index < -0.39 is 21.8 Å². The van der Waals surface area contributed by atoms with Gasteiger partial charge in [0.1, 0.15) is 5.60 Å². The van der Waals surface area contributed by atoms with Gasteiger partial charge in [0.15, 0.2) is 0 Å². The smallest absolute Gasteiger partial charge is 0.408 e. The van der Waals surface area contributed by atoms with Crippen LogP contribution in [0.4, 0.5) is 4.79 Å². The first-order chi connectivity index (χ1) is 8.47. The Morgan fingerprint density at radius 3 is 2.37 bits per heavy atom. The minimum Gasteiger partial charge on any atom is -0.444 e. The summed E-state index contributed by atoms with van der Waals surface area (Å²) >= 11 is 0. The minimum atomic E-state index is -3.43. The quantitative estimate of drug-likeness (QED) is 0.792. The molecule has 0 bridgehead atoms. The van der Waals surface area contributed by atoms with E-state index in [0.717, 1.165) is 25.5 Å². The number of alkyl carbamates (subject to hydrolysis) is 1. The van der Waals surface area contributed by atoms with Gasteiger partial charge < -0.3 is 10.1 Å². The van der Waals surface area contributed by atoms with Crippen LogP contribution in [-0.4, -0.2) is 38.5 Å². The van der Waals surface area contributed by atoms with Crippen LogP contribution >= 0.6 is 0 Å². The summed E-state index contributed by atoms with van der Waals surface area (Å²) in [5.41, 5.74) is -1.07. The Morgan fingerprint density at radius 2 is 1.95 bits per heavy atom. The highest BCUT2D eigenvalue weighted by molar-refractivity contribution is 7.85. The molecule has 0 radical (unpaired) electrons. The molecule has 0 heterocycles. The first-order valence-electron chi connectivity index (χ1n) is 6.33. The van der Waals surface area contributed by atoms with E-state index in [1.807, 2.05) is 0 Å². The number of carbonyl (C=O) groups excluding carboxylic acids is 1. The molecule has 1 amide bonds. The average Bonchev–Trinajstić information content (AvgIpc) is 2.58. The summed E-state index contributed by atoms with van der Waals surface area (Å²) in [5, 5.41) is 2.86. The van der Waals surface area contributed by atoms with Gasteiger partial charge >= 0.3 is 6.09 Å². The highest BCUT2D eigenvalue weighted by Crippen LogP contribution is 2.70. The Labute approximate surface area is 114 Å². The molecule has 0 aromatic rings. The molecule has 2 fully saturated rings. The molecule has 2 atom stereocenters. The summed E-state index contributed by atoms with van der Waals surface area (Å²) < 4.78 is 32.1. The number of rotatable bonds is 4. The van der Waals surface area contributed by atoms with Gasteiger partial charge in [-0.1, -0.05) is 0 Å². The lowest BCUT2D eigenvalue weighted by atomic mass is 9.80. The number of amides is 1. The molecule has 0 saturated heterocycles. The van der Waals surface area contributed by atoms with Crippen LogP contribution in [0, 0.1) is 5.41 Å². The van der Waals surface area contributed by atoms with Gasteiger partial charge in [0.2, 0.25) is 0 Å². The molecule has 2 aliphatic carbocycles. The minimum absolute atomic E-state index is 0.141. The van der Waals surface area contributed by atoms with Crippen molar-refractivity contribution in [3.8, 4) is 0 Å². The maximum atomic E-state index is 11.7. The van der Waals surface area contributed by atoms with Gasteiger partial charge in [0, 0.05) is 5.41 Å². The highest BCUT2D eigenvalue weighted by Gasteiger charge is 2.75. The first kappa shape index (κ1) is 14.6. The number of ether oxygens (including phenoxy) is 1. The summed E-state index contributed by atoms with van der Waals surface area (Å²) in [6.07, 6.45) is 3.06. The zero-order valence-electron chi connectivity index (χ0n) is 11.8. The van der Waals surface area contributed by atoms with Crippen molar-refractivity contribution in [2.75, 3.05) is 12.9 Å². The van der Waals surface area contributed by atoms with E-state index in [1.165, 1.54) is 0 Å². The van der Waals surface area contributed by atoms with E-state index in [2.05, 4.69) is 5.32 Å². The number of hydrogen-bond acceptors (Lipinski definition) is 5. The number of hydrogen-bond donors (Lipinski definition) is 1. The van der Waals surface area contributed by atoms with Gasteiger partial charge in [-0.25, -0.2) is 4.79 Å². The molecule has 2 saturated carbocycles. The average molecular weight is 291 g/mol. The summed E-state index contributed by atoms with van der Waals surface area (Å²) in [7, 11) is -3.43. The molecule has 7 heteroatoms. The molecule has 6 nitrogen and oxygen atoms in total. The molecule has 2 rings (SSSR count). The monoisotopic (exact) mass is 291 g/mol. The molecule has 19 heavy (non-hydrogen) atoms. The maximum Gasteiger partial charge on any atom is 0.408 e. The summed E-state index contributed by atoms with van der Waals surface area (Å²) in [4.78, 5) is 11.7. The summed E-state index contributed by atoms with van der Waals surface area (Å²) in [6.45, 7) is 5.55. The molecule has 1 N–H and O–H groups in total. The Balaban J connectivity index is 1.88. The molecule has 0 aliphatic heterocycles. The van der Waals surface area contributed by atoms with Gasteiger partial charge in [0.05, 0.1) is 18.4 Å². The van der Waals surface area contributed by atoms with Crippen molar-refractivity contribution in [2.45, 2.75) is 51.2 Å². The van der Waals surface area contributed by atoms with E-state index in [1.54, 1.807) is 20.8 Å². The van der Waals surface area contributed by atoms with E-state index in [4.69, 9.17) is 8.92 Å². The van der Waals surface area contributed by atoms with Crippen LogP contribution in [0.5, 0.6) is 0 Å². The van der Waals surface area contributed by atoms with Crippen molar-refractivity contribution in [1.82, 2.24) is 5.32 Å². The van der Waals surface area contributed by atoms with Crippen LogP contribution in [0.1, 0.15) is 40.0 Å². The van der Waals surface area contributed by atoms with Crippen LogP contribution in [-0.2, 0) is 19.0 Å². The summed E-state index contributed by atoms with van der Waals surface area (Å²) in [5.74, 6) is 0. The molecule has 2 unspecified atom stereocenters. The summed E-state index contributed by atoms with van der Waals surface area (Å²) in [6, 6.07) is 0. The van der Waals surface area contributed by atoms with E-state index in [9.17, 15) is 13.2 Å². The molecule has 110 valence electrons. The molecular weight excluding hydrogens is 270 g/mol. The second kappa shape index (κ2) is 4.09. The molecule has 2 aliphatic rings. The van der Waals surface area contributed by atoms with Crippen LogP contribution < -0.4 is 5.32 Å². The maximum absolute atomic E-state index is 11.7. The lowest BCUT2D eigenvalue weighted by molar-refractivity contribution is 0.0405. The Morgan fingerprint density at radius 1 is 1.32 bits per heavy atom. The van der Waals surface area contributed by atoms with Gasteiger partial charge in [0.25, 0.3) is 10.1 Å². The third kappa shape index (κ3) is 3.02. The van der Waals surface area contributed by atoms with E-state index >= 15 is 0 Å².